The molecule has 0 aromatic heterocycles. The summed E-state index contributed by atoms with van der Waals surface area (Å²) < 4.78 is 0. The van der Waals surface area contributed by atoms with Gasteiger partial charge in [0.1, 0.15) is 0 Å². The van der Waals surface area contributed by atoms with Gasteiger partial charge in [-0.3, -0.25) is 0 Å². The van der Waals surface area contributed by atoms with E-state index in [0.717, 1.165) is 0 Å². The predicted octanol–water partition coefficient (Wildman–Crippen LogP) is -2.28. The van der Waals surface area contributed by atoms with Crippen LogP contribution in [0.2, 0.25) is 0 Å². The van der Waals surface area contributed by atoms with Crippen LogP contribution in [0.1, 0.15) is 0 Å². The molecule has 0 spiro atoms. The maximum Gasteiger partial charge on any atom is 0 e. The maximum atomic E-state index is 0. The average molecular weight is 189 g/mol. The van der Waals surface area contributed by atoms with Gasteiger partial charge in [0.25, 0.3) is 0 Å². The fraction of sp³-hybridized carbons (Fsp3) is 0. The van der Waals surface area contributed by atoms with Crippen molar-refractivity contribution in [1.29, 1.82) is 0 Å². The molecule has 9 valence electrons. The van der Waals surface area contributed by atoms with Crippen LogP contribution in [0.25, 0.3) is 0 Å². The second kappa shape index (κ2) is 29.8. The molecule has 0 heterocycles. The van der Waals surface area contributed by atoms with Gasteiger partial charge in [0.05, 0.1) is 0 Å². The van der Waals surface area contributed by atoms with E-state index in [0.29, 0.717) is 0 Å². The molecule has 0 nitrogen and oxygen atoms in total. The number of hydrogen-bond donors (Lipinski definition) is 0. The molecular weight excluding hydrogens is 189 g/mol. The summed E-state index contributed by atoms with van der Waals surface area (Å²) >= 11 is 0. The maximum absolute atomic E-state index is 0. The van der Waals surface area contributed by atoms with Gasteiger partial charge >= 0.3 is 0 Å². The van der Waals surface area contributed by atoms with Crippen LogP contribution in [0, 0.1) is 0 Å². The summed E-state index contributed by atoms with van der Waals surface area (Å²) in [5, 5.41) is 0. The van der Waals surface area contributed by atoms with Crippen molar-refractivity contribution in [1.82, 2.24) is 0 Å². The minimum atomic E-state index is 0. The van der Waals surface area contributed by atoms with Crippen LogP contribution < -0.4 is 0 Å². The molecule has 0 aliphatic heterocycles. The molecule has 6 heteroatoms. The van der Waals surface area contributed by atoms with Crippen molar-refractivity contribution < 1.29 is 0 Å². The smallest absolute Gasteiger partial charge is 0 e. The molecule has 0 aliphatic rings. The average Bonchev–Trinajstić information content (AvgIpc) is 0. The first kappa shape index (κ1) is 38.6. The summed E-state index contributed by atoms with van der Waals surface area (Å²) in [6.45, 7) is 0. The van der Waals surface area contributed by atoms with Crippen molar-refractivity contribution in [3.8, 4) is 0 Å². The van der Waals surface area contributed by atoms with Gasteiger partial charge in [-0.2, -0.15) is 0 Å². The van der Waals surface area contributed by atoms with Crippen molar-refractivity contribution in [3.05, 3.63) is 0 Å². The zero-order valence-electron chi connectivity index (χ0n) is 5.12. The number of rotatable bonds is 0. The normalized spacial score (nSPS) is 0. The summed E-state index contributed by atoms with van der Waals surface area (Å²) in [5.41, 5.74) is 0. The predicted molar refractivity (Wildman–Crippen MR) is 34.5 cm³/mol. The molecule has 0 atom stereocenters. The first-order valence-corrected chi connectivity index (χ1v) is 0. The van der Waals surface area contributed by atoms with Crippen LogP contribution in [-0.4, -0.2) is 202 Å². The van der Waals surface area contributed by atoms with Crippen LogP contribution >= 0.6 is 0 Å². The van der Waals surface area contributed by atoms with Crippen LogP contribution in [-0.2, 0) is 0 Å². The topological polar surface area (TPSA) is 0 Å². The first-order chi connectivity index (χ1) is 0. The van der Waals surface area contributed by atoms with Gasteiger partial charge in [0, 0.05) is 202 Å². The molecular formula is Ca3Na3. The Bertz CT molecular complexity index is 6.00. The van der Waals surface area contributed by atoms with Crippen LogP contribution in [0.15, 0.2) is 0 Å². The van der Waals surface area contributed by atoms with E-state index in [4.69, 9.17) is 0 Å². The zero-order chi connectivity index (χ0) is 0. The minimum absolute atomic E-state index is 0. The minimum Gasteiger partial charge on any atom is 0 e. The Labute approximate surface area is 195 Å². The van der Waals surface area contributed by atoms with Gasteiger partial charge in [-0.25, -0.2) is 0 Å². The molecule has 0 aliphatic carbocycles. The van der Waals surface area contributed by atoms with E-state index in [1.807, 2.05) is 0 Å². The SMILES string of the molecule is [Ca].[Ca].[Ca].[Na].[Na].[Na]. The van der Waals surface area contributed by atoms with E-state index >= 15 is 0 Å². The second-order valence-electron chi connectivity index (χ2n) is 0. The van der Waals surface area contributed by atoms with Crippen molar-refractivity contribution in [3.63, 3.8) is 0 Å². The van der Waals surface area contributed by atoms with Crippen molar-refractivity contribution in [2.75, 3.05) is 0 Å². The van der Waals surface area contributed by atoms with E-state index in [1.165, 1.54) is 0 Å². The molecule has 0 saturated heterocycles. The quantitative estimate of drug-likeness (QED) is 0.376. The molecule has 0 N–H and O–H groups in total. The second-order valence-corrected chi connectivity index (χ2v) is 0. The molecule has 0 saturated carbocycles. The Morgan fingerprint density at radius 2 is 0.333 bits per heavy atom. The third kappa shape index (κ3) is 22.4. The fourth-order valence-corrected chi connectivity index (χ4v) is 0. The summed E-state index contributed by atoms with van der Waals surface area (Å²) in [6, 6.07) is 0. The Balaban J connectivity index is 0. The van der Waals surface area contributed by atoms with Gasteiger partial charge in [-0.1, -0.05) is 0 Å². The van der Waals surface area contributed by atoms with E-state index in [1.54, 1.807) is 0 Å². The van der Waals surface area contributed by atoms with Crippen LogP contribution in [0.3, 0.4) is 0 Å². The van der Waals surface area contributed by atoms with Gasteiger partial charge in [-0.15, -0.1) is 0 Å². The molecule has 0 unspecified atom stereocenters. The Morgan fingerprint density at radius 3 is 0.333 bits per heavy atom. The molecule has 0 aromatic carbocycles. The van der Waals surface area contributed by atoms with E-state index < -0.39 is 0 Å². The van der Waals surface area contributed by atoms with E-state index in [-0.39, 0.29) is 202 Å². The Hall–Kier alpha value is 6.78. The molecule has 6 heavy (non-hydrogen) atoms. The molecule has 0 aromatic rings. The summed E-state index contributed by atoms with van der Waals surface area (Å²) in [6.07, 6.45) is 0. The van der Waals surface area contributed by atoms with Gasteiger partial charge < -0.3 is 0 Å². The molecule has 0 fully saturated rings. The zero-order valence-corrected chi connectivity index (χ0v) is 17.7. The van der Waals surface area contributed by atoms with Crippen LogP contribution in [0.5, 0.6) is 0 Å². The van der Waals surface area contributed by atoms with Crippen molar-refractivity contribution in [2.24, 2.45) is 0 Å². The Morgan fingerprint density at radius 1 is 0.333 bits per heavy atom. The third-order valence-electron chi connectivity index (χ3n) is 0. The summed E-state index contributed by atoms with van der Waals surface area (Å²) in [7, 11) is 0. The van der Waals surface area contributed by atoms with Crippen molar-refractivity contribution in [2.45, 2.75) is 0 Å². The summed E-state index contributed by atoms with van der Waals surface area (Å²) in [5.74, 6) is 0. The van der Waals surface area contributed by atoms with E-state index in [9.17, 15) is 0 Å². The molecule has 0 rings (SSSR count). The van der Waals surface area contributed by atoms with Crippen molar-refractivity contribution >= 4 is 202 Å². The van der Waals surface area contributed by atoms with Gasteiger partial charge in [-0.05, 0) is 0 Å². The van der Waals surface area contributed by atoms with Gasteiger partial charge in [0.2, 0.25) is 0 Å². The number of hydrogen-bond acceptors (Lipinski definition) is 0. The summed E-state index contributed by atoms with van der Waals surface area (Å²) in [4.78, 5) is 0. The molecule has 0 amide bonds. The standard InChI is InChI=1S/3Ca.3Na. The largest absolute Gasteiger partial charge is 0 e. The fourth-order valence-electron chi connectivity index (χ4n) is 0. The molecule has 0 bridgehead atoms. The van der Waals surface area contributed by atoms with E-state index in [2.05, 4.69) is 0 Å². The third-order valence-corrected chi connectivity index (χ3v) is 0. The first-order valence-electron chi connectivity index (χ1n) is 0. The van der Waals surface area contributed by atoms with Crippen LogP contribution in [0.4, 0.5) is 0 Å². The molecule has 9 radical (unpaired) electrons. The van der Waals surface area contributed by atoms with Gasteiger partial charge in [0.15, 0.2) is 0 Å². The monoisotopic (exact) mass is 189 g/mol. The Kier molecular flexibility index (Phi) is 191.